The molecule has 0 aromatic rings. The average molecular weight is 284 g/mol. The van der Waals surface area contributed by atoms with Crippen molar-refractivity contribution >= 4 is 12.0 Å². The molecule has 0 aromatic heterocycles. The number of aliphatic carboxylic acids is 1. The first-order chi connectivity index (χ1) is 9.41. The number of carboxylic acids is 1. The summed E-state index contributed by atoms with van der Waals surface area (Å²) >= 11 is 0. The first kappa shape index (κ1) is 16.8. The third kappa shape index (κ3) is 5.39. The second-order valence-corrected chi connectivity index (χ2v) is 6.19. The van der Waals surface area contributed by atoms with E-state index in [2.05, 4.69) is 13.8 Å². The molecule has 2 amide bonds. The summed E-state index contributed by atoms with van der Waals surface area (Å²) in [6.45, 7) is 5.54. The summed E-state index contributed by atoms with van der Waals surface area (Å²) in [5.74, 6) is -0.354. The summed E-state index contributed by atoms with van der Waals surface area (Å²) in [7, 11) is 1.77. The Labute approximate surface area is 121 Å². The van der Waals surface area contributed by atoms with E-state index >= 15 is 0 Å². The molecule has 0 atom stereocenters. The first-order valence-electron chi connectivity index (χ1n) is 7.65. The van der Waals surface area contributed by atoms with E-state index in [1.54, 1.807) is 11.9 Å². The molecule has 20 heavy (non-hydrogen) atoms. The van der Waals surface area contributed by atoms with E-state index in [-0.39, 0.29) is 12.5 Å². The summed E-state index contributed by atoms with van der Waals surface area (Å²) in [5.41, 5.74) is 0. The summed E-state index contributed by atoms with van der Waals surface area (Å²) in [4.78, 5) is 26.7. The molecule has 1 rings (SSSR count). The molecule has 116 valence electrons. The lowest BCUT2D eigenvalue weighted by atomic mass is 10.1. The van der Waals surface area contributed by atoms with Crippen molar-refractivity contribution in [2.45, 2.75) is 58.4 Å². The van der Waals surface area contributed by atoms with Crippen molar-refractivity contribution < 1.29 is 14.7 Å². The third-order valence-electron chi connectivity index (χ3n) is 3.78. The minimum absolute atomic E-state index is 0.0518. The fourth-order valence-corrected chi connectivity index (χ4v) is 2.78. The van der Waals surface area contributed by atoms with E-state index in [9.17, 15) is 9.59 Å². The molecule has 0 radical (unpaired) electrons. The maximum absolute atomic E-state index is 12.5. The molecule has 1 saturated carbocycles. The highest BCUT2D eigenvalue weighted by molar-refractivity contribution is 5.74. The molecule has 0 bridgehead atoms. The van der Waals surface area contributed by atoms with Gasteiger partial charge in [0, 0.05) is 32.6 Å². The molecule has 5 nitrogen and oxygen atoms in total. The van der Waals surface area contributed by atoms with Gasteiger partial charge in [-0.2, -0.15) is 0 Å². The van der Waals surface area contributed by atoms with Crippen molar-refractivity contribution in [2.75, 3.05) is 20.1 Å². The van der Waals surface area contributed by atoms with Crippen LogP contribution in [0.5, 0.6) is 0 Å². The number of nitrogens with zero attached hydrogens (tertiary/aromatic N) is 2. The van der Waals surface area contributed by atoms with E-state index in [1.807, 2.05) is 4.90 Å². The van der Waals surface area contributed by atoms with Crippen molar-refractivity contribution in [3.05, 3.63) is 0 Å². The van der Waals surface area contributed by atoms with Gasteiger partial charge in [-0.05, 0) is 25.2 Å². The van der Waals surface area contributed by atoms with E-state index in [0.717, 1.165) is 19.4 Å². The van der Waals surface area contributed by atoms with Gasteiger partial charge < -0.3 is 14.9 Å². The molecule has 1 aliphatic rings. The summed E-state index contributed by atoms with van der Waals surface area (Å²) in [6.07, 6.45) is 5.23. The largest absolute Gasteiger partial charge is 0.481 e. The number of urea groups is 1. The number of rotatable bonds is 7. The molecular weight excluding hydrogens is 256 g/mol. The molecule has 1 N–H and O–H groups in total. The zero-order valence-electron chi connectivity index (χ0n) is 13.0. The van der Waals surface area contributed by atoms with Gasteiger partial charge in [0.1, 0.15) is 0 Å². The van der Waals surface area contributed by atoms with Crippen LogP contribution in [-0.2, 0) is 4.79 Å². The highest BCUT2D eigenvalue weighted by Gasteiger charge is 2.28. The smallest absolute Gasteiger partial charge is 0.319 e. The Morgan fingerprint density at radius 2 is 1.85 bits per heavy atom. The second kappa shape index (κ2) is 8.12. The molecule has 1 aliphatic carbocycles. The Morgan fingerprint density at radius 3 is 2.35 bits per heavy atom. The van der Waals surface area contributed by atoms with Crippen LogP contribution in [-0.4, -0.2) is 53.1 Å². The van der Waals surface area contributed by atoms with Gasteiger partial charge in [0.05, 0.1) is 0 Å². The SMILES string of the molecule is CC(C)CN(C(=O)N(C)CCCC(=O)O)C1CCCC1. The van der Waals surface area contributed by atoms with Gasteiger partial charge in [-0.25, -0.2) is 4.79 Å². The maximum Gasteiger partial charge on any atom is 0.319 e. The highest BCUT2D eigenvalue weighted by atomic mass is 16.4. The lowest BCUT2D eigenvalue weighted by Crippen LogP contribution is -2.47. The van der Waals surface area contributed by atoms with E-state index in [1.165, 1.54) is 12.8 Å². The van der Waals surface area contributed by atoms with Crippen LogP contribution in [0.4, 0.5) is 4.79 Å². The summed E-state index contributed by atoms with van der Waals surface area (Å²) in [6, 6.07) is 0.419. The molecule has 0 aromatic carbocycles. The van der Waals surface area contributed by atoms with Gasteiger partial charge in [-0.3, -0.25) is 4.79 Å². The van der Waals surface area contributed by atoms with Gasteiger partial charge >= 0.3 is 12.0 Å². The fraction of sp³-hybridized carbons (Fsp3) is 0.867. The van der Waals surface area contributed by atoms with Crippen molar-refractivity contribution in [2.24, 2.45) is 5.92 Å². The monoisotopic (exact) mass is 284 g/mol. The van der Waals surface area contributed by atoms with E-state index < -0.39 is 5.97 Å². The Balaban J connectivity index is 2.54. The maximum atomic E-state index is 12.5. The quantitative estimate of drug-likeness (QED) is 0.782. The lowest BCUT2D eigenvalue weighted by molar-refractivity contribution is -0.137. The molecule has 0 unspecified atom stereocenters. The van der Waals surface area contributed by atoms with Gasteiger partial charge in [0.2, 0.25) is 0 Å². The van der Waals surface area contributed by atoms with E-state index in [4.69, 9.17) is 5.11 Å². The van der Waals surface area contributed by atoms with E-state index in [0.29, 0.717) is 24.9 Å². The zero-order chi connectivity index (χ0) is 15.1. The minimum Gasteiger partial charge on any atom is -0.481 e. The van der Waals surface area contributed by atoms with Crippen molar-refractivity contribution in [1.82, 2.24) is 9.80 Å². The predicted octanol–water partition coefficient (Wildman–Crippen LogP) is 2.80. The summed E-state index contributed by atoms with van der Waals surface area (Å²) < 4.78 is 0. The molecule has 5 heteroatoms. The van der Waals surface area contributed by atoms with Crippen molar-refractivity contribution in [3.63, 3.8) is 0 Å². The second-order valence-electron chi connectivity index (χ2n) is 6.19. The lowest BCUT2D eigenvalue weighted by Gasteiger charge is -2.34. The minimum atomic E-state index is -0.805. The number of hydrogen-bond donors (Lipinski definition) is 1. The number of carbonyl (C=O) groups is 2. The van der Waals surface area contributed by atoms with Gasteiger partial charge in [0.25, 0.3) is 0 Å². The van der Waals surface area contributed by atoms with Crippen LogP contribution in [0.25, 0.3) is 0 Å². The van der Waals surface area contributed by atoms with Crippen LogP contribution in [0.3, 0.4) is 0 Å². The van der Waals surface area contributed by atoms with Crippen LogP contribution in [0.1, 0.15) is 52.4 Å². The molecule has 0 aliphatic heterocycles. The van der Waals surface area contributed by atoms with Crippen LogP contribution < -0.4 is 0 Å². The molecule has 0 spiro atoms. The van der Waals surface area contributed by atoms with Crippen molar-refractivity contribution in [3.8, 4) is 0 Å². The van der Waals surface area contributed by atoms with Gasteiger partial charge in [-0.1, -0.05) is 26.7 Å². The number of carbonyl (C=O) groups excluding carboxylic acids is 1. The molecule has 1 fully saturated rings. The Bertz CT molecular complexity index is 325. The predicted molar refractivity (Wildman–Crippen MR) is 78.7 cm³/mol. The molecular formula is C15H28N2O3. The first-order valence-corrected chi connectivity index (χ1v) is 7.65. The average Bonchev–Trinajstić information content (AvgIpc) is 2.87. The van der Waals surface area contributed by atoms with Crippen LogP contribution in [0.2, 0.25) is 0 Å². The van der Waals surface area contributed by atoms with Crippen LogP contribution in [0.15, 0.2) is 0 Å². The number of amides is 2. The van der Waals surface area contributed by atoms with Crippen LogP contribution >= 0.6 is 0 Å². The topological polar surface area (TPSA) is 60.9 Å². The van der Waals surface area contributed by atoms with Crippen LogP contribution in [0, 0.1) is 5.92 Å². The highest BCUT2D eigenvalue weighted by Crippen LogP contribution is 2.25. The third-order valence-corrected chi connectivity index (χ3v) is 3.78. The number of carboxylic acid groups (broad SMARTS) is 1. The number of hydrogen-bond acceptors (Lipinski definition) is 2. The van der Waals surface area contributed by atoms with Crippen molar-refractivity contribution in [1.29, 1.82) is 0 Å². The Hall–Kier alpha value is -1.26. The normalized spacial score (nSPS) is 15.6. The Kier molecular flexibility index (Phi) is 6.82. The molecule has 0 heterocycles. The van der Waals surface area contributed by atoms with Gasteiger partial charge in [-0.15, -0.1) is 0 Å². The summed E-state index contributed by atoms with van der Waals surface area (Å²) in [5, 5.41) is 8.65. The Morgan fingerprint density at radius 1 is 1.25 bits per heavy atom. The zero-order valence-corrected chi connectivity index (χ0v) is 13.0. The van der Waals surface area contributed by atoms with Gasteiger partial charge in [0.15, 0.2) is 0 Å². The standard InChI is InChI=1S/C15H28N2O3/c1-12(2)11-17(13-7-4-5-8-13)15(20)16(3)10-6-9-14(18)19/h12-13H,4-11H2,1-3H3,(H,18,19). The fourth-order valence-electron chi connectivity index (χ4n) is 2.78. The molecule has 0 saturated heterocycles.